The molecule has 1 fully saturated rings. The molecule has 1 aromatic carbocycles. The van der Waals surface area contributed by atoms with Crippen molar-refractivity contribution in [2.24, 2.45) is 0 Å². The second-order valence-electron chi connectivity index (χ2n) is 5.96. The minimum absolute atomic E-state index is 0.370. The molecule has 3 nitrogen and oxygen atoms in total. The van der Waals surface area contributed by atoms with Gasteiger partial charge in [0.15, 0.2) is 0 Å². The van der Waals surface area contributed by atoms with Gasteiger partial charge in [0, 0.05) is 40.3 Å². The molecule has 5 heteroatoms. The summed E-state index contributed by atoms with van der Waals surface area (Å²) in [7, 11) is 0. The normalized spacial score (nSPS) is 20.7. The van der Waals surface area contributed by atoms with Gasteiger partial charge in [-0.1, -0.05) is 23.7 Å². The number of nitrogens with zero attached hydrogens (tertiary/aromatic N) is 1. The highest BCUT2D eigenvalue weighted by molar-refractivity contribution is 7.98. The molecule has 118 valence electrons. The number of quaternary nitrogens is 1. The van der Waals surface area contributed by atoms with Crippen LogP contribution in [0.5, 0.6) is 0 Å². The maximum atomic E-state index is 11.6. The monoisotopic (exact) mass is 344 g/mol. The second-order valence-corrected chi connectivity index (χ2v) is 7.41. The van der Waals surface area contributed by atoms with Gasteiger partial charge in [-0.15, -0.1) is 11.8 Å². The van der Waals surface area contributed by atoms with E-state index < -0.39 is 0 Å². The Balaban J connectivity index is 1.94. The Morgan fingerprint density at radius 2 is 2.00 bits per heavy atom. The molecular weight excluding hydrogens is 328 g/mol. The van der Waals surface area contributed by atoms with E-state index in [1.54, 1.807) is 0 Å². The molecule has 2 aliphatic rings. The van der Waals surface area contributed by atoms with Gasteiger partial charge in [0.2, 0.25) is 0 Å². The molecule has 0 saturated carbocycles. The number of thioether (sulfide) groups is 1. The molecule has 2 aliphatic heterocycles. The van der Waals surface area contributed by atoms with Gasteiger partial charge in [-0.2, -0.15) is 0 Å². The summed E-state index contributed by atoms with van der Waals surface area (Å²) >= 11 is 8.01. The zero-order chi connectivity index (χ0) is 15.8. The van der Waals surface area contributed by atoms with Gasteiger partial charge in [-0.3, -0.25) is 4.98 Å². The van der Waals surface area contributed by atoms with Gasteiger partial charge in [-0.05, 0) is 34.9 Å². The first-order valence-corrected chi connectivity index (χ1v) is 9.19. The molecule has 0 atom stereocenters. The summed E-state index contributed by atoms with van der Waals surface area (Å²) in [5, 5.41) is 12.8. The number of benzene rings is 1. The van der Waals surface area contributed by atoms with Gasteiger partial charge >= 0.3 is 0 Å². The van der Waals surface area contributed by atoms with E-state index in [2.05, 4.69) is 17.1 Å². The lowest BCUT2D eigenvalue weighted by Gasteiger charge is -2.29. The lowest BCUT2D eigenvalue weighted by Crippen LogP contribution is -3.08. The van der Waals surface area contributed by atoms with Crippen LogP contribution in [-0.4, -0.2) is 18.1 Å². The summed E-state index contributed by atoms with van der Waals surface area (Å²) in [4.78, 5) is 5.89. The van der Waals surface area contributed by atoms with E-state index in [1.807, 2.05) is 36.2 Å². The number of hydrogen-bond donors (Lipinski definition) is 1. The summed E-state index contributed by atoms with van der Waals surface area (Å²) in [5.41, 5.74) is 6.12. The molecule has 3 heterocycles. The number of hydrogen-bond acceptors (Lipinski definition) is 3. The average Bonchev–Trinajstić information content (AvgIpc) is 2.72. The van der Waals surface area contributed by atoms with Gasteiger partial charge in [-0.25, -0.2) is 0 Å². The van der Waals surface area contributed by atoms with Crippen LogP contribution in [0.3, 0.4) is 0 Å². The lowest BCUT2D eigenvalue weighted by atomic mass is 9.89. The Labute approximate surface area is 144 Å². The third-order valence-electron chi connectivity index (χ3n) is 4.49. The Bertz CT molecular complexity index is 780. The minimum Gasteiger partial charge on any atom is -0.634 e. The summed E-state index contributed by atoms with van der Waals surface area (Å²) < 4.78 is 0. The van der Waals surface area contributed by atoms with E-state index in [-0.39, 0.29) is 0 Å². The van der Waals surface area contributed by atoms with Crippen LogP contribution in [0, 0.1) is 5.21 Å². The highest BCUT2D eigenvalue weighted by Gasteiger charge is 2.25. The van der Waals surface area contributed by atoms with Crippen molar-refractivity contribution in [3.8, 4) is 0 Å². The zero-order valence-corrected chi connectivity index (χ0v) is 14.2. The lowest BCUT2D eigenvalue weighted by molar-refractivity contribution is -0.851. The van der Waals surface area contributed by atoms with Crippen molar-refractivity contribution in [1.29, 1.82) is 0 Å². The molecule has 0 unspecified atom stereocenters. The maximum absolute atomic E-state index is 11.6. The van der Waals surface area contributed by atoms with Gasteiger partial charge in [0.05, 0.1) is 18.8 Å². The number of nitrogens with one attached hydrogen (secondary N) is 1. The first-order chi connectivity index (χ1) is 11.2. The fourth-order valence-corrected chi connectivity index (χ4v) is 4.64. The van der Waals surface area contributed by atoms with Crippen LogP contribution in [0.25, 0.3) is 5.57 Å². The SMILES string of the molecule is [O-][NH+]1CCC(=C2c3ccc(Cl)cc3SCc3cccnc32)CC1. The van der Waals surface area contributed by atoms with Crippen molar-refractivity contribution >= 4 is 28.9 Å². The van der Waals surface area contributed by atoms with Crippen LogP contribution in [-0.2, 0) is 5.75 Å². The van der Waals surface area contributed by atoms with Crippen molar-refractivity contribution in [3.63, 3.8) is 0 Å². The summed E-state index contributed by atoms with van der Waals surface area (Å²) in [6.07, 6.45) is 3.55. The Kier molecular flexibility index (Phi) is 4.16. The Hall–Kier alpha value is -1.33. The molecular formula is C18H17ClN2OS. The van der Waals surface area contributed by atoms with Crippen LogP contribution < -0.4 is 5.06 Å². The zero-order valence-electron chi connectivity index (χ0n) is 12.6. The average molecular weight is 345 g/mol. The number of halogens is 1. The maximum Gasteiger partial charge on any atom is 0.0806 e. The molecule has 2 aromatic rings. The number of pyridine rings is 1. The van der Waals surface area contributed by atoms with Crippen molar-refractivity contribution in [3.05, 3.63) is 69.2 Å². The number of aromatic nitrogens is 1. The van der Waals surface area contributed by atoms with E-state index in [0.717, 1.165) is 29.3 Å². The third kappa shape index (κ3) is 2.92. The van der Waals surface area contributed by atoms with Crippen LogP contribution in [0.1, 0.15) is 29.7 Å². The minimum atomic E-state index is 0.370. The molecule has 1 N–H and O–H groups in total. The fourth-order valence-electron chi connectivity index (χ4n) is 3.32. The fraction of sp³-hybridized carbons (Fsp3) is 0.278. The largest absolute Gasteiger partial charge is 0.634 e. The van der Waals surface area contributed by atoms with Gasteiger partial charge in [0.25, 0.3) is 0 Å². The number of fused-ring (bicyclic) bond motifs is 2. The standard InChI is InChI=1S/C18H17ClN2OS/c19-14-3-4-15-16(10-14)23-11-13-2-1-7-20-18(13)17(15)12-5-8-21(22)9-6-12/h1-4,7,10,21H,5-6,8-9,11H2. The molecule has 1 saturated heterocycles. The molecule has 0 aliphatic carbocycles. The van der Waals surface area contributed by atoms with Crippen molar-refractivity contribution in [2.75, 3.05) is 13.1 Å². The summed E-state index contributed by atoms with van der Waals surface area (Å²) in [6, 6.07) is 10.2. The van der Waals surface area contributed by atoms with Crippen LogP contribution in [0.15, 0.2) is 47.0 Å². The second kappa shape index (κ2) is 6.29. The predicted octanol–water partition coefficient (Wildman–Crippen LogP) is 3.32. The molecule has 0 spiro atoms. The molecule has 1 aromatic heterocycles. The molecule has 23 heavy (non-hydrogen) atoms. The van der Waals surface area contributed by atoms with Crippen molar-refractivity contribution < 1.29 is 5.06 Å². The Morgan fingerprint density at radius 1 is 1.17 bits per heavy atom. The molecule has 4 rings (SSSR count). The summed E-state index contributed by atoms with van der Waals surface area (Å²) in [5.74, 6) is 0.895. The third-order valence-corrected chi connectivity index (χ3v) is 5.83. The first kappa shape index (κ1) is 15.2. The van der Waals surface area contributed by atoms with E-state index in [0.29, 0.717) is 18.2 Å². The van der Waals surface area contributed by atoms with Crippen LogP contribution in [0.4, 0.5) is 0 Å². The van der Waals surface area contributed by atoms with Gasteiger partial charge in [0.1, 0.15) is 0 Å². The number of hydroxylamine groups is 2. The summed E-state index contributed by atoms with van der Waals surface area (Å²) in [6.45, 7) is 1.30. The highest BCUT2D eigenvalue weighted by Crippen LogP contribution is 2.42. The van der Waals surface area contributed by atoms with Crippen LogP contribution >= 0.6 is 23.4 Å². The van der Waals surface area contributed by atoms with E-state index in [4.69, 9.17) is 11.6 Å². The quantitative estimate of drug-likeness (QED) is 0.745. The van der Waals surface area contributed by atoms with Crippen molar-refractivity contribution in [1.82, 2.24) is 4.98 Å². The highest BCUT2D eigenvalue weighted by atomic mass is 35.5. The smallest absolute Gasteiger partial charge is 0.0806 e. The number of rotatable bonds is 0. The predicted molar refractivity (Wildman–Crippen MR) is 94.6 cm³/mol. The van der Waals surface area contributed by atoms with E-state index in [1.165, 1.54) is 27.2 Å². The van der Waals surface area contributed by atoms with Crippen molar-refractivity contribution in [2.45, 2.75) is 23.5 Å². The van der Waals surface area contributed by atoms with Gasteiger partial charge < -0.3 is 10.3 Å². The molecule has 0 bridgehead atoms. The molecule has 0 radical (unpaired) electrons. The first-order valence-electron chi connectivity index (χ1n) is 7.83. The Morgan fingerprint density at radius 3 is 2.83 bits per heavy atom. The molecule has 0 amide bonds. The van der Waals surface area contributed by atoms with Crippen LogP contribution in [0.2, 0.25) is 5.02 Å². The number of piperidine rings is 1. The van der Waals surface area contributed by atoms with E-state index >= 15 is 0 Å². The van der Waals surface area contributed by atoms with E-state index in [9.17, 15) is 5.21 Å². The topological polar surface area (TPSA) is 40.4 Å².